The summed E-state index contributed by atoms with van der Waals surface area (Å²) in [5, 5.41) is 2.97. The van der Waals surface area contributed by atoms with Crippen molar-refractivity contribution >= 4 is 5.91 Å². The number of methoxy groups -OCH3 is 1. The Labute approximate surface area is 206 Å². The molecule has 0 aliphatic heterocycles. The Bertz CT molecular complexity index is 1060. The van der Waals surface area contributed by atoms with Gasteiger partial charge in [-0.15, -0.1) is 0 Å². The van der Waals surface area contributed by atoms with Crippen molar-refractivity contribution in [3.63, 3.8) is 0 Å². The van der Waals surface area contributed by atoms with E-state index in [9.17, 15) is 9.18 Å². The molecule has 0 aliphatic rings. The number of carbonyl (C=O) groups is 1. The minimum Gasteiger partial charge on any atom is -0.493 e. The standard InChI is InChI=1S/C27H34FN3O4/c1-30(2)14-12-29-27(32)19-31(18-24-8-5-15-34-24)13-11-21-9-10-25(26(17-21)33-3)35-20-22-6-4-7-23(28)16-22/h4-10,15-17H,11-14,18-20H2,1-3H3,(H,29,32). The molecule has 0 spiro atoms. The van der Waals surface area contributed by atoms with Crippen LogP contribution in [0.1, 0.15) is 16.9 Å². The molecule has 0 unspecified atom stereocenters. The molecule has 0 bridgehead atoms. The van der Waals surface area contributed by atoms with Gasteiger partial charge in [0.15, 0.2) is 11.5 Å². The lowest BCUT2D eigenvalue weighted by molar-refractivity contribution is -0.122. The SMILES string of the molecule is COc1cc(CCN(CC(=O)NCCN(C)C)Cc2ccco2)ccc1OCc1cccc(F)c1. The summed E-state index contributed by atoms with van der Waals surface area (Å²) in [5.74, 6) is 1.70. The summed E-state index contributed by atoms with van der Waals surface area (Å²) in [7, 11) is 5.54. The average Bonchev–Trinajstić information content (AvgIpc) is 3.34. The number of furan rings is 1. The fourth-order valence-corrected chi connectivity index (χ4v) is 3.58. The van der Waals surface area contributed by atoms with E-state index in [0.717, 1.165) is 23.4 Å². The fourth-order valence-electron chi connectivity index (χ4n) is 3.58. The zero-order valence-corrected chi connectivity index (χ0v) is 20.6. The van der Waals surface area contributed by atoms with Gasteiger partial charge in [-0.2, -0.15) is 0 Å². The van der Waals surface area contributed by atoms with Crippen LogP contribution in [0.4, 0.5) is 4.39 Å². The summed E-state index contributed by atoms with van der Waals surface area (Å²) in [4.78, 5) is 16.6. The molecular weight excluding hydrogens is 449 g/mol. The smallest absolute Gasteiger partial charge is 0.234 e. The molecule has 7 nitrogen and oxygen atoms in total. The number of amides is 1. The van der Waals surface area contributed by atoms with Gasteiger partial charge in [-0.05, 0) is 68.0 Å². The number of carbonyl (C=O) groups excluding carboxylic acids is 1. The Kier molecular flexibility index (Phi) is 10.1. The van der Waals surface area contributed by atoms with E-state index in [1.807, 2.05) is 55.4 Å². The second-order valence-corrected chi connectivity index (χ2v) is 8.60. The topological polar surface area (TPSA) is 67.2 Å². The molecule has 0 fully saturated rings. The number of nitrogens with zero attached hydrogens (tertiary/aromatic N) is 2. The molecule has 35 heavy (non-hydrogen) atoms. The number of likely N-dealkylation sites (N-methyl/N-ethyl adjacent to an activating group) is 1. The van der Waals surface area contributed by atoms with Crippen LogP contribution in [0.5, 0.6) is 11.5 Å². The van der Waals surface area contributed by atoms with Crippen molar-refractivity contribution < 1.29 is 23.1 Å². The second kappa shape index (κ2) is 13.5. The molecular formula is C27H34FN3O4. The molecule has 8 heteroatoms. The molecule has 1 aromatic heterocycles. The highest BCUT2D eigenvalue weighted by Crippen LogP contribution is 2.29. The maximum atomic E-state index is 13.4. The molecule has 3 rings (SSSR count). The Hall–Kier alpha value is -3.36. The van der Waals surface area contributed by atoms with Crippen LogP contribution in [-0.2, 0) is 24.4 Å². The van der Waals surface area contributed by atoms with E-state index < -0.39 is 0 Å². The number of ether oxygens (including phenoxy) is 2. The quantitative estimate of drug-likeness (QED) is 0.377. The Balaban J connectivity index is 1.59. The van der Waals surface area contributed by atoms with Crippen molar-refractivity contribution in [1.82, 2.24) is 15.1 Å². The summed E-state index contributed by atoms with van der Waals surface area (Å²) in [6.45, 7) is 3.12. The third-order valence-corrected chi connectivity index (χ3v) is 5.44. The van der Waals surface area contributed by atoms with E-state index >= 15 is 0 Å². The van der Waals surface area contributed by atoms with E-state index in [4.69, 9.17) is 13.9 Å². The van der Waals surface area contributed by atoms with Crippen molar-refractivity contribution in [3.05, 3.63) is 83.6 Å². The monoisotopic (exact) mass is 483 g/mol. The largest absolute Gasteiger partial charge is 0.493 e. The lowest BCUT2D eigenvalue weighted by atomic mass is 10.1. The molecule has 3 aromatic rings. The molecule has 0 radical (unpaired) electrons. The summed E-state index contributed by atoms with van der Waals surface area (Å²) >= 11 is 0. The number of hydrogen-bond acceptors (Lipinski definition) is 6. The molecule has 1 N–H and O–H groups in total. The minimum atomic E-state index is -0.293. The fraction of sp³-hybridized carbons (Fsp3) is 0.370. The number of benzene rings is 2. The number of nitrogens with one attached hydrogen (secondary N) is 1. The van der Waals surface area contributed by atoms with E-state index in [-0.39, 0.29) is 24.9 Å². The van der Waals surface area contributed by atoms with Crippen molar-refractivity contribution in [3.8, 4) is 11.5 Å². The maximum Gasteiger partial charge on any atom is 0.234 e. The van der Waals surface area contributed by atoms with E-state index in [2.05, 4.69) is 10.2 Å². The highest BCUT2D eigenvalue weighted by atomic mass is 19.1. The molecule has 0 aliphatic carbocycles. The highest BCUT2D eigenvalue weighted by molar-refractivity contribution is 5.78. The van der Waals surface area contributed by atoms with Gasteiger partial charge in [0.1, 0.15) is 18.2 Å². The van der Waals surface area contributed by atoms with Gasteiger partial charge in [0.05, 0.1) is 26.5 Å². The lowest BCUT2D eigenvalue weighted by Gasteiger charge is -2.21. The predicted octanol–water partition coefficient (Wildman–Crippen LogP) is 3.73. The molecule has 1 amide bonds. The lowest BCUT2D eigenvalue weighted by Crippen LogP contribution is -2.40. The highest BCUT2D eigenvalue weighted by Gasteiger charge is 2.14. The molecule has 0 saturated carbocycles. The first-order valence-corrected chi connectivity index (χ1v) is 11.6. The number of rotatable bonds is 14. The summed E-state index contributed by atoms with van der Waals surface area (Å²) in [6, 6.07) is 15.8. The zero-order valence-electron chi connectivity index (χ0n) is 20.6. The van der Waals surface area contributed by atoms with Crippen LogP contribution in [0.15, 0.2) is 65.3 Å². The van der Waals surface area contributed by atoms with Gasteiger partial charge < -0.3 is 24.1 Å². The second-order valence-electron chi connectivity index (χ2n) is 8.60. The van der Waals surface area contributed by atoms with Crippen molar-refractivity contribution in [2.45, 2.75) is 19.6 Å². The van der Waals surface area contributed by atoms with Gasteiger partial charge in [0, 0.05) is 19.6 Å². The summed E-state index contributed by atoms with van der Waals surface area (Å²) in [5.41, 5.74) is 1.80. The van der Waals surface area contributed by atoms with E-state index in [0.29, 0.717) is 37.6 Å². The van der Waals surface area contributed by atoms with Crippen LogP contribution in [0.2, 0.25) is 0 Å². The minimum absolute atomic E-state index is 0.0166. The molecule has 188 valence electrons. The van der Waals surface area contributed by atoms with Gasteiger partial charge in [-0.3, -0.25) is 9.69 Å². The first-order valence-electron chi connectivity index (χ1n) is 11.6. The van der Waals surface area contributed by atoms with Gasteiger partial charge in [-0.1, -0.05) is 18.2 Å². The summed E-state index contributed by atoms with van der Waals surface area (Å²) in [6.07, 6.45) is 2.35. The zero-order chi connectivity index (χ0) is 25.0. The predicted molar refractivity (Wildman–Crippen MR) is 133 cm³/mol. The van der Waals surface area contributed by atoms with Crippen LogP contribution in [0.3, 0.4) is 0 Å². The molecule has 0 atom stereocenters. The van der Waals surface area contributed by atoms with Gasteiger partial charge in [0.25, 0.3) is 0 Å². The van der Waals surface area contributed by atoms with E-state index in [1.54, 1.807) is 19.4 Å². The molecule has 2 aromatic carbocycles. The third-order valence-electron chi connectivity index (χ3n) is 5.44. The molecule has 1 heterocycles. The van der Waals surface area contributed by atoms with Crippen LogP contribution in [-0.4, -0.2) is 63.1 Å². The average molecular weight is 484 g/mol. The van der Waals surface area contributed by atoms with Crippen LogP contribution < -0.4 is 14.8 Å². The van der Waals surface area contributed by atoms with Crippen molar-refractivity contribution in [1.29, 1.82) is 0 Å². The van der Waals surface area contributed by atoms with Gasteiger partial charge in [0.2, 0.25) is 5.91 Å². The van der Waals surface area contributed by atoms with Gasteiger partial charge in [-0.25, -0.2) is 4.39 Å². The van der Waals surface area contributed by atoms with Crippen LogP contribution in [0, 0.1) is 5.82 Å². The molecule has 0 saturated heterocycles. The van der Waals surface area contributed by atoms with Crippen molar-refractivity contribution in [2.75, 3.05) is 47.4 Å². The number of halogens is 1. The van der Waals surface area contributed by atoms with Crippen LogP contribution in [0.25, 0.3) is 0 Å². The Morgan fingerprint density at radius 1 is 1.03 bits per heavy atom. The Morgan fingerprint density at radius 2 is 1.89 bits per heavy atom. The number of hydrogen-bond donors (Lipinski definition) is 1. The normalized spacial score (nSPS) is 11.1. The first-order chi connectivity index (χ1) is 16.9. The van der Waals surface area contributed by atoms with E-state index in [1.165, 1.54) is 12.1 Å². The third kappa shape index (κ3) is 9.07. The van der Waals surface area contributed by atoms with Crippen molar-refractivity contribution in [2.24, 2.45) is 0 Å². The van der Waals surface area contributed by atoms with Gasteiger partial charge >= 0.3 is 0 Å². The first kappa shape index (κ1) is 26.2. The maximum absolute atomic E-state index is 13.4. The van der Waals surface area contributed by atoms with Crippen LogP contribution >= 0.6 is 0 Å². The Morgan fingerprint density at radius 3 is 2.60 bits per heavy atom. The summed E-state index contributed by atoms with van der Waals surface area (Å²) < 4.78 is 30.3.